The second kappa shape index (κ2) is 8.81. The van der Waals surface area contributed by atoms with Gasteiger partial charge in [-0.1, -0.05) is 6.92 Å². The molecule has 0 fully saturated rings. The summed E-state index contributed by atoms with van der Waals surface area (Å²) in [5, 5.41) is 9.56. The van der Waals surface area contributed by atoms with E-state index in [1.165, 1.54) is 5.43 Å². The smallest absolute Gasteiger partial charge is 0.395 e. The van der Waals surface area contributed by atoms with Crippen LogP contribution in [-0.4, -0.2) is 30.1 Å². The molecule has 6 nitrogen and oxygen atoms in total. The van der Waals surface area contributed by atoms with E-state index in [9.17, 15) is 18.4 Å². The second-order valence-electron chi connectivity index (χ2n) is 1.64. The Kier molecular flexibility index (Phi) is 9.66. The van der Waals surface area contributed by atoms with Crippen LogP contribution < -0.4 is 16.6 Å². The molecule has 0 radical (unpaired) electrons. The Morgan fingerprint density at radius 3 is 2.00 bits per heavy atom. The molecule has 78 valence electrons. The van der Waals surface area contributed by atoms with Crippen molar-refractivity contribution in [3.05, 3.63) is 0 Å². The van der Waals surface area contributed by atoms with Gasteiger partial charge in [-0.3, -0.25) is 15.5 Å². The summed E-state index contributed by atoms with van der Waals surface area (Å²) in [5.41, 5.74) is 1.43. The van der Waals surface area contributed by atoms with E-state index in [1.807, 2.05) is 5.32 Å². The molecule has 0 aliphatic heterocycles. The highest BCUT2D eigenvalue weighted by Crippen LogP contribution is 1.80. The largest absolute Gasteiger partial charge is 0.474 e. The fourth-order valence-electron chi connectivity index (χ4n) is 0.216. The van der Waals surface area contributed by atoms with Gasteiger partial charge in [-0.05, 0) is 6.54 Å². The number of hydrogen-bond acceptors (Lipinski definition) is 4. The summed E-state index contributed by atoms with van der Waals surface area (Å²) in [5.74, 6) is 1.60. The van der Waals surface area contributed by atoms with Crippen LogP contribution in [0.2, 0.25) is 0 Å². The summed E-state index contributed by atoms with van der Waals surface area (Å²) < 4.78 is 21.8. The summed E-state index contributed by atoms with van der Waals surface area (Å²) in [7, 11) is 0. The molecule has 8 heteroatoms. The number of hydrogen-bond donors (Lipinski definition) is 4. The van der Waals surface area contributed by atoms with E-state index in [0.29, 0.717) is 6.54 Å². The molecular weight excluding hydrogens is 188 g/mol. The molecule has 0 atom stereocenters. The third-order valence-corrected chi connectivity index (χ3v) is 0.684. The molecular formula is C5H11F2N3O3. The van der Waals surface area contributed by atoms with Crippen molar-refractivity contribution in [2.24, 2.45) is 5.84 Å². The van der Waals surface area contributed by atoms with Gasteiger partial charge in [0.25, 0.3) is 6.55 Å². The number of rotatable bonds is 2. The zero-order valence-corrected chi connectivity index (χ0v) is 6.88. The molecule has 0 spiro atoms. The maximum absolute atomic E-state index is 10.9. The summed E-state index contributed by atoms with van der Waals surface area (Å²) in [6, 6.07) is 0. The molecule has 0 unspecified atom stereocenters. The third-order valence-electron chi connectivity index (χ3n) is 0.684. The van der Waals surface area contributed by atoms with Crippen molar-refractivity contribution < 1.29 is 23.5 Å². The van der Waals surface area contributed by atoms with E-state index in [4.69, 9.17) is 5.11 Å². The van der Waals surface area contributed by atoms with Crippen LogP contribution in [0.15, 0.2) is 0 Å². The minimum absolute atomic E-state index is 0.331. The topological polar surface area (TPSA) is 104 Å². The molecule has 0 heterocycles. The van der Waals surface area contributed by atoms with Crippen LogP contribution in [-0.2, 0) is 9.59 Å². The Bertz CT molecular complexity index is 165. The van der Waals surface area contributed by atoms with Gasteiger partial charge in [0.05, 0.1) is 0 Å². The summed E-state index contributed by atoms with van der Waals surface area (Å²) >= 11 is 0. The average Bonchev–Trinajstić information content (AvgIpc) is 2.03. The van der Waals surface area contributed by atoms with Crippen molar-refractivity contribution in [2.45, 2.75) is 13.5 Å². The lowest BCUT2D eigenvalue weighted by Crippen LogP contribution is -2.35. The van der Waals surface area contributed by atoms with Gasteiger partial charge in [0, 0.05) is 0 Å². The lowest BCUT2D eigenvalue weighted by atomic mass is 10.7. The maximum atomic E-state index is 10.9. The van der Waals surface area contributed by atoms with Gasteiger partial charge in [0.1, 0.15) is 0 Å². The Balaban J connectivity index is 0. The number of aliphatic carboxylic acids is 1. The highest BCUT2D eigenvalue weighted by atomic mass is 19.3. The molecule has 0 saturated carbocycles. The van der Waals surface area contributed by atoms with Crippen molar-refractivity contribution in [3.63, 3.8) is 0 Å². The number of hydrazine groups is 1. The van der Waals surface area contributed by atoms with Crippen LogP contribution in [0.4, 0.5) is 8.78 Å². The first-order valence-electron chi connectivity index (χ1n) is 3.21. The predicted octanol–water partition coefficient (Wildman–Crippen LogP) is -1.12. The number of amides is 1. The summed E-state index contributed by atoms with van der Waals surface area (Å²) in [4.78, 5) is 19.1. The monoisotopic (exact) mass is 199 g/mol. The van der Waals surface area contributed by atoms with Gasteiger partial charge in [0.2, 0.25) is 0 Å². The van der Waals surface area contributed by atoms with Crippen molar-refractivity contribution in [1.29, 1.82) is 0 Å². The molecule has 1 amide bonds. The quantitative estimate of drug-likeness (QED) is 0.148. The molecule has 0 bridgehead atoms. The number of carbonyl (C=O) groups is 2. The molecule has 5 N–H and O–H groups in total. The zero-order valence-electron chi connectivity index (χ0n) is 6.88. The van der Waals surface area contributed by atoms with Crippen LogP contribution >= 0.6 is 0 Å². The molecule has 0 aliphatic rings. The van der Waals surface area contributed by atoms with Gasteiger partial charge in [-0.2, -0.15) is 8.78 Å². The highest BCUT2D eigenvalue weighted by Gasteiger charge is 2.05. The fourth-order valence-corrected chi connectivity index (χ4v) is 0.216. The number of carboxylic acids is 1. The third kappa shape index (κ3) is 13.7. The Morgan fingerprint density at radius 2 is 2.00 bits per heavy atom. The van der Waals surface area contributed by atoms with Crippen molar-refractivity contribution in [3.8, 4) is 0 Å². The van der Waals surface area contributed by atoms with Crippen LogP contribution in [0.5, 0.6) is 0 Å². The van der Waals surface area contributed by atoms with Crippen molar-refractivity contribution in [1.82, 2.24) is 10.7 Å². The van der Waals surface area contributed by atoms with Gasteiger partial charge in [-0.15, -0.1) is 0 Å². The van der Waals surface area contributed by atoms with E-state index >= 15 is 0 Å². The fraction of sp³-hybridized carbons (Fsp3) is 0.600. The van der Waals surface area contributed by atoms with E-state index in [0.717, 1.165) is 0 Å². The SMILES string of the molecule is CCNC(F)F.NNC(=O)C(=O)O. The van der Waals surface area contributed by atoms with Crippen LogP contribution in [0.1, 0.15) is 6.92 Å². The zero-order chi connectivity index (χ0) is 10.9. The van der Waals surface area contributed by atoms with E-state index in [2.05, 4.69) is 5.84 Å². The Labute approximate surface area is 73.1 Å². The minimum Gasteiger partial charge on any atom is -0.474 e. The lowest BCUT2D eigenvalue weighted by molar-refractivity contribution is -0.150. The first kappa shape index (κ1) is 14.3. The number of halogens is 2. The highest BCUT2D eigenvalue weighted by molar-refractivity contribution is 6.31. The van der Waals surface area contributed by atoms with Gasteiger partial charge < -0.3 is 5.11 Å². The molecule has 0 aromatic heterocycles. The predicted molar refractivity (Wildman–Crippen MR) is 39.6 cm³/mol. The first-order valence-corrected chi connectivity index (χ1v) is 3.21. The standard InChI is InChI=1S/C3H7F2N.C2H4N2O3/c1-2-6-3(4)5;3-4-1(5)2(6)7/h3,6H,2H2,1H3;3H2,(H,4,5)(H,6,7). The number of nitrogens with one attached hydrogen (secondary N) is 2. The summed E-state index contributed by atoms with van der Waals surface area (Å²) in [6.45, 7) is -0.390. The number of carbonyl (C=O) groups excluding carboxylic acids is 1. The van der Waals surface area contributed by atoms with Crippen LogP contribution in [0.3, 0.4) is 0 Å². The molecule has 13 heavy (non-hydrogen) atoms. The van der Waals surface area contributed by atoms with Crippen molar-refractivity contribution >= 4 is 11.9 Å². The molecule has 0 aromatic carbocycles. The Morgan fingerprint density at radius 1 is 1.54 bits per heavy atom. The average molecular weight is 199 g/mol. The molecule has 0 aromatic rings. The minimum atomic E-state index is -2.35. The number of alkyl halides is 2. The van der Waals surface area contributed by atoms with Crippen LogP contribution in [0.25, 0.3) is 0 Å². The number of nitrogens with two attached hydrogens (primary N) is 1. The normalized spacial score (nSPS) is 8.69. The molecule has 0 saturated heterocycles. The van der Waals surface area contributed by atoms with Gasteiger partial charge in [-0.25, -0.2) is 10.6 Å². The van der Waals surface area contributed by atoms with E-state index in [1.54, 1.807) is 6.92 Å². The van der Waals surface area contributed by atoms with Crippen LogP contribution in [0, 0.1) is 0 Å². The van der Waals surface area contributed by atoms with E-state index in [-0.39, 0.29) is 0 Å². The second-order valence-corrected chi connectivity index (χ2v) is 1.64. The maximum Gasteiger partial charge on any atom is 0.395 e. The number of carboxylic acid groups (broad SMARTS) is 1. The molecule has 0 rings (SSSR count). The first-order chi connectivity index (χ1) is 5.95. The lowest BCUT2D eigenvalue weighted by Gasteiger charge is -1.92. The van der Waals surface area contributed by atoms with Crippen molar-refractivity contribution in [2.75, 3.05) is 6.54 Å². The summed E-state index contributed by atoms with van der Waals surface area (Å²) in [6.07, 6.45) is 0. The van der Waals surface area contributed by atoms with Gasteiger partial charge >= 0.3 is 11.9 Å². The van der Waals surface area contributed by atoms with Gasteiger partial charge in [0.15, 0.2) is 0 Å². The molecule has 0 aliphatic carbocycles. The Hall–Kier alpha value is -1.28. The van der Waals surface area contributed by atoms with E-state index < -0.39 is 18.4 Å².